The average molecular weight is 215 g/mol. The zero-order chi connectivity index (χ0) is 11.3. The molecule has 0 heterocycles. The van der Waals surface area contributed by atoms with E-state index < -0.39 is 6.10 Å². The lowest BCUT2D eigenvalue weighted by Crippen LogP contribution is -2.46. The number of hydrogen-bond donors (Lipinski definition) is 2. The fourth-order valence-corrected chi connectivity index (χ4v) is 2.50. The first-order chi connectivity index (χ1) is 7.15. The molecule has 0 saturated heterocycles. The van der Waals surface area contributed by atoms with Crippen LogP contribution in [0.3, 0.4) is 0 Å². The van der Waals surface area contributed by atoms with Crippen molar-refractivity contribution in [1.29, 1.82) is 0 Å². The minimum atomic E-state index is -0.589. The van der Waals surface area contributed by atoms with Crippen LogP contribution >= 0.6 is 0 Å². The molecule has 0 aliphatic heterocycles. The normalized spacial score (nSPS) is 21.2. The molecule has 1 fully saturated rings. The first-order valence-corrected chi connectivity index (χ1v) is 6.19. The largest absolute Gasteiger partial charge is 0.394 e. The van der Waals surface area contributed by atoms with Crippen molar-refractivity contribution in [2.75, 3.05) is 13.2 Å². The number of aliphatic hydroxyl groups excluding tert-OH is 2. The van der Waals surface area contributed by atoms with Gasteiger partial charge in [0.1, 0.15) is 0 Å². The minimum absolute atomic E-state index is 0.129. The van der Waals surface area contributed by atoms with Gasteiger partial charge in [0.2, 0.25) is 0 Å². The lowest BCUT2D eigenvalue weighted by Gasteiger charge is -2.38. The molecule has 90 valence electrons. The van der Waals surface area contributed by atoms with Gasteiger partial charge in [-0.25, -0.2) is 0 Å². The molecular weight excluding hydrogens is 190 g/mol. The van der Waals surface area contributed by atoms with Gasteiger partial charge in [0.25, 0.3) is 0 Å². The summed E-state index contributed by atoms with van der Waals surface area (Å²) in [5.41, 5.74) is 0. The molecule has 0 unspecified atom stereocenters. The van der Waals surface area contributed by atoms with E-state index in [1.54, 1.807) is 0 Å². The molecule has 1 aliphatic rings. The number of nitrogens with zero attached hydrogens (tertiary/aromatic N) is 1. The van der Waals surface area contributed by atoms with Gasteiger partial charge in [-0.1, -0.05) is 19.3 Å². The van der Waals surface area contributed by atoms with E-state index in [0.717, 1.165) is 0 Å². The molecule has 3 heteroatoms. The average Bonchev–Trinajstić information content (AvgIpc) is 2.26. The first kappa shape index (κ1) is 12.9. The summed E-state index contributed by atoms with van der Waals surface area (Å²) in [7, 11) is 0. The van der Waals surface area contributed by atoms with Gasteiger partial charge in [-0.2, -0.15) is 0 Å². The van der Waals surface area contributed by atoms with E-state index in [1.165, 1.54) is 32.1 Å². The van der Waals surface area contributed by atoms with Gasteiger partial charge in [-0.15, -0.1) is 0 Å². The van der Waals surface area contributed by atoms with Gasteiger partial charge in [0, 0.05) is 18.6 Å². The molecule has 0 aromatic carbocycles. The van der Waals surface area contributed by atoms with Crippen molar-refractivity contribution in [1.82, 2.24) is 4.90 Å². The van der Waals surface area contributed by atoms with E-state index in [9.17, 15) is 5.11 Å². The Kier molecular flexibility index (Phi) is 5.58. The SMILES string of the molecule is CC(C)N(C[C@@H](O)CO)C1CCCCC1. The van der Waals surface area contributed by atoms with Crippen LogP contribution in [-0.4, -0.2) is 46.5 Å². The van der Waals surface area contributed by atoms with E-state index in [1.807, 2.05) is 0 Å². The highest BCUT2D eigenvalue weighted by Gasteiger charge is 2.24. The summed E-state index contributed by atoms with van der Waals surface area (Å²) in [6.45, 7) is 4.81. The zero-order valence-corrected chi connectivity index (χ0v) is 10.0. The standard InChI is InChI=1S/C12H25NO2/c1-10(2)13(8-12(15)9-14)11-6-4-3-5-7-11/h10-12,14-15H,3-9H2,1-2H3/t12-/m1/s1. The van der Waals surface area contributed by atoms with E-state index in [4.69, 9.17) is 5.11 Å². The second-order valence-corrected chi connectivity index (χ2v) is 4.92. The minimum Gasteiger partial charge on any atom is -0.394 e. The lowest BCUT2D eigenvalue weighted by molar-refractivity contribution is 0.0230. The summed E-state index contributed by atoms with van der Waals surface area (Å²) in [6.07, 6.45) is 5.87. The Morgan fingerprint density at radius 3 is 2.27 bits per heavy atom. The van der Waals surface area contributed by atoms with Crippen LogP contribution in [-0.2, 0) is 0 Å². The van der Waals surface area contributed by atoms with Crippen molar-refractivity contribution < 1.29 is 10.2 Å². The third-order valence-corrected chi connectivity index (χ3v) is 3.34. The fraction of sp³-hybridized carbons (Fsp3) is 1.00. The molecule has 1 aliphatic carbocycles. The second kappa shape index (κ2) is 6.46. The summed E-state index contributed by atoms with van der Waals surface area (Å²) in [5, 5.41) is 18.4. The maximum absolute atomic E-state index is 9.52. The molecule has 1 saturated carbocycles. The van der Waals surface area contributed by atoms with Crippen molar-refractivity contribution in [3.05, 3.63) is 0 Å². The molecule has 0 amide bonds. The van der Waals surface area contributed by atoms with E-state index in [0.29, 0.717) is 18.6 Å². The Hall–Kier alpha value is -0.120. The molecule has 0 bridgehead atoms. The highest BCUT2D eigenvalue weighted by molar-refractivity contribution is 4.79. The van der Waals surface area contributed by atoms with E-state index in [2.05, 4.69) is 18.7 Å². The molecule has 1 atom stereocenters. The molecule has 2 N–H and O–H groups in total. The van der Waals surface area contributed by atoms with Gasteiger partial charge < -0.3 is 10.2 Å². The highest BCUT2D eigenvalue weighted by atomic mass is 16.3. The van der Waals surface area contributed by atoms with Gasteiger partial charge in [-0.3, -0.25) is 4.90 Å². The molecule has 15 heavy (non-hydrogen) atoms. The molecule has 0 radical (unpaired) electrons. The van der Waals surface area contributed by atoms with Crippen molar-refractivity contribution in [3.8, 4) is 0 Å². The third kappa shape index (κ3) is 4.09. The van der Waals surface area contributed by atoms with Crippen LogP contribution in [0, 0.1) is 0 Å². The predicted octanol–water partition coefficient (Wildman–Crippen LogP) is 1.38. The third-order valence-electron chi connectivity index (χ3n) is 3.34. The Morgan fingerprint density at radius 2 is 1.80 bits per heavy atom. The van der Waals surface area contributed by atoms with Crippen molar-refractivity contribution in [2.45, 2.75) is 64.1 Å². The van der Waals surface area contributed by atoms with Crippen LogP contribution in [0.15, 0.2) is 0 Å². The van der Waals surface area contributed by atoms with E-state index >= 15 is 0 Å². The zero-order valence-electron chi connectivity index (χ0n) is 10.0. The second-order valence-electron chi connectivity index (χ2n) is 4.92. The van der Waals surface area contributed by atoms with Crippen LogP contribution in [0.1, 0.15) is 46.0 Å². The summed E-state index contributed by atoms with van der Waals surface area (Å²) in [5.74, 6) is 0. The molecule has 1 rings (SSSR count). The molecule has 3 nitrogen and oxygen atoms in total. The van der Waals surface area contributed by atoms with Crippen LogP contribution < -0.4 is 0 Å². The van der Waals surface area contributed by atoms with Crippen LogP contribution in [0.4, 0.5) is 0 Å². The van der Waals surface area contributed by atoms with Crippen molar-refractivity contribution >= 4 is 0 Å². The molecule has 0 aromatic heterocycles. The monoisotopic (exact) mass is 215 g/mol. The van der Waals surface area contributed by atoms with Gasteiger partial charge in [0.15, 0.2) is 0 Å². The summed E-state index contributed by atoms with van der Waals surface area (Å²) in [6, 6.07) is 1.06. The quantitative estimate of drug-likeness (QED) is 0.728. The van der Waals surface area contributed by atoms with Gasteiger partial charge >= 0.3 is 0 Å². The highest BCUT2D eigenvalue weighted by Crippen LogP contribution is 2.24. The van der Waals surface area contributed by atoms with E-state index in [-0.39, 0.29) is 6.61 Å². The lowest BCUT2D eigenvalue weighted by atomic mass is 9.93. The Balaban J connectivity index is 2.48. The molecule has 0 aromatic rings. The smallest absolute Gasteiger partial charge is 0.0897 e. The number of hydrogen-bond acceptors (Lipinski definition) is 3. The van der Waals surface area contributed by atoms with Crippen LogP contribution in [0.5, 0.6) is 0 Å². The van der Waals surface area contributed by atoms with Crippen LogP contribution in [0.25, 0.3) is 0 Å². The predicted molar refractivity (Wildman–Crippen MR) is 61.8 cm³/mol. The van der Waals surface area contributed by atoms with Crippen molar-refractivity contribution in [3.63, 3.8) is 0 Å². The summed E-state index contributed by atoms with van der Waals surface area (Å²) < 4.78 is 0. The summed E-state index contributed by atoms with van der Waals surface area (Å²) >= 11 is 0. The van der Waals surface area contributed by atoms with Crippen LogP contribution in [0.2, 0.25) is 0 Å². The first-order valence-electron chi connectivity index (χ1n) is 6.19. The molecular formula is C12H25NO2. The Morgan fingerprint density at radius 1 is 1.20 bits per heavy atom. The topological polar surface area (TPSA) is 43.7 Å². The summed E-state index contributed by atoms with van der Waals surface area (Å²) in [4.78, 5) is 2.35. The van der Waals surface area contributed by atoms with Gasteiger partial charge in [-0.05, 0) is 26.7 Å². The van der Waals surface area contributed by atoms with Gasteiger partial charge in [0.05, 0.1) is 12.7 Å². The number of rotatable bonds is 5. The van der Waals surface area contributed by atoms with Crippen molar-refractivity contribution in [2.24, 2.45) is 0 Å². The Bertz CT molecular complexity index is 167. The maximum atomic E-state index is 9.52. The number of aliphatic hydroxyl groups is 2. The Labute approximate surface area is 93.1 Å². The maximum Gasteiger partial charge on any atom is 0.0897 e. The molecule has 0 spiro atoms. The fourth-order valence-electron chi connectivity index (χ4n) is 2.50.